The molecule has 0 aliphatic carbocycles. The van der Waals surface area contributed by atoms with Gasteiger partial charge in [0.05, 0.1) is 35.1 Å². The van der Waals surface area contributed by atoms with Crippen molar-refractivity contribution in [2.75, 3.05) is 18.5 Å². The largest absolute Gasteiger partial charge is 0.490 e. The summed E-state index contributed by atoms with van der Waals surface area (Å²) in [5.74, 6) is 1.39. The smallest absolute Gasteiger partial charge is 0.271 e. The maximum absolute atomic E-state index is 14.0. The topological polar surface area (TPSA) is 81.9 Å². The van der Waals surface area contributed by atoms with Gasteiger partial charge < -0.3 is 14.8 Å². The van der Waals surface area contributed by atoms with Crippen LogP contribution in [0, 0.1) is 5.92 Å². The number of hydrogen-bond acceptors (Lipinski definition) is 6. The van der Waals surface area contributed by atoms with Crippen LogP contribution < -0.4 is 29.7 Å². The van der Waals surface area contributed by atoms with E-state index in [4.69, 9.17) is 14.5 Å². The lowest BCUT2D eigenvalue weighted by Crippen LogP contribution is -2.40. The number of carbonyl (C=O) groups is 1. The van der Waals surface area contributed by atoms with Gasteiger partial charge in [0.1, 0.15) is 0 Å². The SMILES string of the molecule is CCOc1cc(/C=c2\sc3n(c2=O)[C@H](c2ccccc2)C(C(=O)Nc2ccccc2)=C(C)N=3)ccc1OCC(C)C. The Balaban J connectivity index is 1.59. The minimum Gasteiger partial charge on any atom is -0.490 e. The molecule has 1 atom stereocenters. The first-order valence-corrected chi connectivity index (χ1v) is 14.5. The zero-order chi connectivity index (χ0) is 28.9. The second kappa shape index (κ2) is 12.4. The van der Waals surface area contributed by atoms with Gasteiger partial charge in [0.2, 0.25) is 0 Å². The zero-order valence-electron chi connectivity index (χ0n) is 23.6. The first kappa shape index (κ1) is 28.1. The number of carbonyl (C=O) groups excluding carboxylic acids is 1. The van der Waals surface area contributed by atoms with E-state index >= 15 is 0 Å². The number of nitrogens with one attached hydrogen (secondary N) is 1. The molecule has 0 spiro atoms. The van der Waals surface area contributed by atoms with Crippen LogP contribution in [0.5, 0.6) is 11.5 Å². The van der Waals surface area contributed by atoms with Crippen LogP contribution in [0.1, 0.15) is 44.9 Å². The number of hydrogen-bond donors (Lipinski definition) is 1. The van der Waals surface area contributed by atoms with Gasteiger partial charge in [-0.15, -0.1) is 0 Å². The van der Waals surface area contributed by atoms with Gasteiger partial charge in [0, 0.05) is 5.69 Å². The van der Waals surface area contributed by atoms with Gasteiger partial charge in [-0.1, -0.05) is 79.8 Å². The van der Waals surface area contributed by atoms with E-state index in [1.165, 1.54) is 11.3 Å². The first-order valence-electron chi connectivity index (χ1n) is 13.7. The molecule has 0 unspecified atom stereocenters. The van der Waals surface area contributed by atoms with Gasteiger partial charge in [-0.2, -0.15) is 0 Å². The summed E-state index contributed by atoms with van der Waals surface area (Å²) in [6.07, 6.45) is 1.84. The van der Waals surface area contributed by atoms with E-state index in [0.29, 0.717) is 56.9 Å². The van der Waals surface area contributed by atoms with E-state index in [2.05, 4.69) is 19.2 Å². The number of fused-ring (bicyclic) bond motifs is 1. The molecule has 1 aromatic heterocycles. The summed E-state index contributed by atoms with van der Waals surface area (Å²) in [5.41, 5.74) is 3.11. The minimum atomic E-state index is -0.621. The number of amides is 1. The Hall–Kier alpha value is -4.43. The molecule has 1 aliphatic heterocycles. The van der Waals surface area contributed by atoms with E-state index in [9.17, 15) is 9.59 Å². The van der Waals surface area contributed by atoms with Crippen molar-refractivity contribution in [3.63, 3.8) is 0 Å². The highest BCUT2D eigenvalue weighted by molar-refractivity contribution is 7.07. The predicted molar refractivity (Wildman–Crippen MR) is 163 cm³/mol. The molecule has 0 saturated carbocycles. The van der Waals surface area contributed by atoms with Gasteiger partial charge in [0.15, 0.2) is 16.3 Å². The van der Waals surface area contributed by atoms with Crippen LogP contribution in [-0.2, 0) is 4.79 Å². The fourth-order valence-corrected chi connectivity index (χ4v) is 5.74. The summed E-state index contributed by atoms with van der Waals surface area (Å²) >= 11 is 1.30. The van der Waals surface area contributed by atoms with Crippen LogP contribution in [0.4, 0.5) is 5.69 Å². The number of aromatic nitrogens is 1. The predicted octanol–water partition coefficient (Wildman–Crippen LogP) is 5.31. The van der Waals surface area contributed by atoms with Crippen molar-refractivity contribution in [3.05, 3.63) is 121 Å². The Morgan fingerprint density at radius 1 is 1.02 bits per heavy atom. The number of ether oxygens (including phenoxy) is 2. The number of nitrogens with zero attached hydrogens (tertiary/aromatic N) is 2. The van der Waals surface area contributed by atoms with Gasteiger partial charge in [-0.3, -0.25) is 14.2 Å². The molecular formula is C33H33N3O4S. The molecule has 0 radical (unpaired) electrons. The average molecular weight is 568 g/mol. The molecule has 1 amide bonds. The summed E-state index contributed by atoms with van der Waals surface area (Å²) in [6.45, 7) is 9.00. The minimum absolute atomic E-state index is 0.210. The Morgan fingerprint density at radius 2 is 1.73 bits per heavy atom. The van der Waals surface area contributed by atoms with Crippen molar-refractivity contribution in [2.45, 2.75) is 33.7 Å². The lowest BCUT2D eigenvalue weighted by atomic mass is 9.95. The van der Waals surface area contributed by atoms with Crippen molar-refractivity contribution in [1.29, 1.82) is 0 Å². The zero-order valence-corrected chi connectivity index (χ0v) is 24.4. The lowest BCUT2D eigenvalue weighted by Gasteiger charge is -2.25. The first-order chi connectivity index (χ1) is 19.9. The van der Waals surface area contributed by atoms with Crippen molar-refractivity contribution in [3.8, 4) is 11.5 Å². The Morgan fingerprint density at radius 3 is 2.41 bits per heavy atom. The van der Waals surface area contributed by atoms with Crippen molar-refractivity contribution in [1.82, 2.24) is 4.57 Å². The third kappa shape index (κ3) is 6.18. The normalized spacial score (nSPS) is 15.0. The van der Waals surface area contributed by atoms with E-state index in [1.807, 2.05) is 98.8 Å². The summed E-state index contributed by atoms with van der Waals surface area (Å²) in [7, 11) is 0. The molecule has 0 fully saturated rings. The van der Waals surface area contributed by atoms with E-state index in [1.54, 1.807) is 4.57 Å². The molecule has 0 bridgehead atoms. The molecular weight excluding hydrogens is 534 g/mol. The molecule has 1 N–H and O–H groups in total. The Labute approximate surface area is 243 Å². The fraction of sp³-hybridized carbons (Fsp3) is 0.242. The Bertz CT molecular complexity index is 1760. The Kier molecular flexibility index (Phi) is 8.50. The number of para-hydroxylation sites is 1. The number of rotatable bonds is 9. The fourth-order valence-electron chi connectivity index (χ4n) is 4.69. The van der Waals surface area contributed by atoms with Crippen LogP contribution in [0.25, 0.3) is 6.08 Å². The van der Waals surface area contributed by atoms with Crippen LogP contribution in [0.15, 0.2) is 99.9 Å². The molecule has 8 heteroatoms. The number of anilines is 1. The average Bonchev–Trinajstić information content (AvgIpc) is 3.26. The molecule has 5 rings (SSSR count). The van der Waals surface area contributed by atoms with Crippen LogP contribution in [-0.4, -0.2) is 23.7 Å². The summed E-state index contributed by atoms with van der Waals surface area (Å²) in [4.78, 5) is 32.9. The van der Waals surface area contributed by atoms with Crippen LogP contribution >= 0.6 is 11.3 Å². The van der Waals surface area contributed by atoms with E-state index < -0.39 is 6.04 Å². The quantitative estimate of drug-likeness (QED) is 0.297. The second-order valence-electron chi connectivity index (χ2n) is 10.2. The van der Waals surface area contributed by atoms with Crippen molar-refractivity contribution < 1.29 is 14.3 Å². The van der Waals surface area contributed by atoms with E-state index in [-0.39, 0.29) is 11.5 Å². The molecule has 0 saturated heterocycles. The molecule has 4 aromatic rings. The van der Waals surface area contributed by atoms with Gasteiger partial charge >= 0.3 is 0 Å². The third-order valence-electron chi connectivity index (χ3n) is 6.55. The van der Waals surface area contributed by atoms with Gasteiger partial charge in [-0.25, -0.2) is 4.99 Å². The summed E-state index contributed by atoms with van der Waals surface area (Å²) < 4.78 is 13.9. The standard InChI is InChI=1S/C33H33N3O4S/c1-5-39-27-18-23(16-17-26(27)40-20-21(2)3)19-28-32(38)36-30(24-12-8-6-9-13-24)29(22(4)34-33(36)41-28)31(37)35-25-14-10-7-11-15-25/h6-19,21,30H,5,20H2,1-4H3,(H,35,37)/b28-19-/t30-/m1/s1. The molecule has 7 nitrogen and oxygen atoms in total. The highest BCUT2D eigenvalue weighted by Gasteiger charge is 2.32. The van der Waals surface area contributed by atoms with Crippen molar-refractivity contribution in [2.24, 2.45) is 10.9 Å². The summed E-state index contributed by atoms with van der Waals surface area (Å²) in [5, 5.41) is 2.98. The van der Waals surface area contributed by atoms with Crippen molar-refractivity contribution >= 4 is 29.0 Å². The second-order valence-corrected chi connectivity index (χ2v) is 11.2. The molecule has 3 aromatic carbocycles. The monoisotopic (exact) mass is 567 g/mol. The van der Waals surface area contributed by atoms with Crippen LogP contribution in [0.2, 0.25) is 0 Å². The maximum atomic E-state index is 14.0. The lowest BCUT2D eigenvalue weighted by molar-refractivity contribution is -0.113. The summed E-state index contributed by atoms with van der Waals surface area (Å²) in [6, 6.07) is 23.9. The highest BCUT2D eigenvalue weighted by Crippen LogP contribution is 2.31. The van der Waals surface area contributed by atoms with E-state index in [0.717, 1.165) is 11.1 Å². The molecule has 41 heavy (non-hydrogen) atoms. The highest BCUT2D eigenvalue weighted by atomic mass is 32.1. The number of thiazole rings is 1. The maximum Gasteiger partial charge on any atom is 0.271 e. The molecule has 210 valence electrons. The van der Waals surface area contributed by atoms with Gasteiger partial charge in [-0.05, 0) is 61.2 Å². The molecule has 1 aliphatic rings. The number of allylic oxidation sites excluding steroid dienone is 1. The number of benzene rings is 3. The molecule has 2 heterocycles. The third-order valence-corrected chi connectivity index (χ3v) is 7.53. The van der Waals surface area contributed by atoms with Gasteiger partial charge in [0.25, 0.3) is 11.5 Å². The van der Waals surface area contributed by atoms with Crippen LogP contribution in [0.3, 0.4) is 0 Å².